The number of fused-ring (bicyclic) bond motifs is 1. The van der Waals surface area contributed by atoms with Gasteiger partial charge in [-0.1, -0.05) is 12.1 Å². The lowest BCUT2D eigenvalue weighted by Crippen LogP contribution is -2.43. The minimum Gasteiger partial charge on any atom is -0.488 e. The van der Waals surface area contributed by atoms with E-state index >= 15 is 0 Å². The Hall–Kier alpha value is -2.60. The summed E-state index contributed by atoms with van der Waals surface area (Å²) in [6.07, 6.45) is 1.82. The highest BCUT2D eigenvalue weighted by Gasteiger charge is 2.32. The number of anilines is 2. The zero-order chi connectivity index (χ0) is 17.1. The van der Waals surface area contributed by atoms with Crippen molar-refractivity contribution in [2.24, 2.45) is 0 Å². The fraction of sp³-hybridized carbons (Fsp3) is 0.333. The Labute approximate surface area is 141 Å². The highest BCUT2D eigenvalue weighted by atomic mass is 16.5. The first kappa shape index (κ1) is 16.3. The lowest BCUT2D eigenvalue weighted by molar-refractivity contribution is 0.0594. The number of esters is 1. The van der Waals surface area contributed by atoms with Crippen LogP contribution < -0.4 is 9.64 Å². The second kappa shape index (κ2) is 6.88. The summed E-state index contributed by atoms with van der Waals surface area (Å²) in [5.41, 5.74) is 2.27. The van der Waals surface area contributed by atoms with Crippen LogP contribution in [0.1, 0.15) is 15.9 Å². The molecule has 0 saturated carbocycles. The SMILES string of the molecule is COCC1COc2c(C(=O)OC)cccc2N1c1ccc(C)cn1. The summed E-state index contributed by atoms with van der Waals surface area (Å²) < 4.78 is 16.1. The van der Waals surface area contributed by atoms with Crippen LogP contribution in [0.4, 0.5) is 11.5 Å². The third-order valence-corrected chi connectivity index (χ3v) is 3.95. The third kappa shape index (κ3) is 2.92. The summed E-state index contributed by atoms with van der Waals surface area (Å²) in [6, 6.07) is 9.34. The van der Waals surface area contributed by atoms with Crippen LogP contribution in [0.2, 0.25) is 0 Å². The molecule has 0 N–H and O–H groups in total. The molecule has 3 rings (SSSR count). The highest BCUT2D eigenvalue weighted by molar-refractivity contribution is 5.95. The van der Waals surface area contributed by atoms with Crippen LogP contribution in [0.15, 0.2) is 36.5 Å². The number of ether oxygens (including phenoxy) is 3. The molecular weight excluding hydrogens is 308 g/mol. The van der Waals surface area contributed by atoms with Gasteiger partial charge in [-0.05, 0) is 30.7 Å². The molecule has 0 fully saturated rings. The molecule has 2 heterocycles. The van der Waals surface area contributed by atoms with E-state index in [2.05, 4.69) is 4.98 Å². The number of methoxy groups -OCH3 is 2. The lowest BCUT2D eigenvalue weighted by atomic mass is 10.1. The third-order valence-electron chi connectivity index (χ3n) is 3.95. The van der Waals surface area contributed by atoms with Gasteiger partial charge in [-0.25, -0.2) is 9.78 Å². The number of aryl methyl sites for hydroxylation is 1. The van der Waals surface area contributed by atoms with Crippen LogP contribution in [0, 0.1) is 6.92 Å². The fourth-order valence-electron chi connectivity index (χ4n) is 2.82. The minimum atomic E-state index is -0.422. The molecular formula is C18H20N2O4. The molecule has 6 nitrogen and oxygen atoms in total. The van der Waals surface area contributed by atoms with Crippen molar-refractivity contribution in [2.45, 2.75) is 13.0 Å². The maximum absolute atomic E-state index is 12.0. The molecule has 1 aromatic carbocycles. The molecule has 1 aliphatic rings. The van der Waals surface area contributed by atoms with Gasteiger partial charge in [-0.2, -0.15) is 0 Å². The van der Waals surface area contributed by atoms with Gasteiger partial charge >= 0.3 is 5.97 Å². The summed E-state index contributed by atoms with van der Waals surface area (Å²) in [5, 5.41) is 0. The topological polar surface area (TPSA) is 60.9 Å². The predicted molar refractivity (Wildman–Crippen MR) is 90.1 cm³/mol. The Morgan fingerprint density at radius 2 is 2.17 bits per heavy atom. The predicted octanol–water partition coefficient (Wildman–Crippen LogP) is 2.72. The Kier molecular flexibility index (Phi) is 4.66. The first-order chi connectivity index (χ1) is 11.7. The molecule has 24 heavy (non-hydrogen) atoms. The zero-order valence-electron chi connectivity index (χ0n) is 14.0. The van der Waals surface area contributed by atoms with Gasteiger partial charge < -0.3 is 19.1 Å². The summed E-state index contributed by atoms with van der Waals surface area (Å²) in [4.78, 5) is 18.6. The van der Waals surface area contributed by atoms with Crippen molar-refractivity contribution in [3.63, 3.8) is 0 Å². The number of hydrogen-bond donors (Lipinski definition) is 0. The van der Waals surface area contributed by atoms with Crippen molar-refractivity contribution in [2.75, 3.05) is 32.3 Å². The van der Waals surface area contributed by atoms with Crippen molar-refractivity contribution >= 4 is 17.5 Å². The van der Waals surface area contributed by atoms with E-state index in [9.17, 15) is 4.79 Å². The van der Waals surface area contributed by atoms with Gasteiger partial charge in [0.15, 0.2) is 5.75 Å². The number of nitrogens with zero attached hydrogens (tertiary/aromatic N) is 2. The number of carbonyl (C=O) groups is 1. The summed E-state index contributed by atoms with van der Waals surface area (Å²) in [5.74, 6) is 0.877. The average molecular weight is 328 g/mol. The Bertz CT molecular complexity index is 730. The highest BCUT2D eigenvalue weighted by Crippen LogP contribution is 2.40. The Morgan fingerprint density at radius 3 is 2.83 bits per heavy atom. The second-order valence-corrected chi connectivity index (χ2v) is 5.63. The van der Waals surface area contributed by atoms with Crippen molar-refractivity contribution in [1.29, 1.82) is 0 Å². The van der Waals surface area contributed by atoms with Crippen LogP contribution >= 0.6 is 0 Å². The number of hydrogen-bond acceptors (Lipinski definition) is 6. The molecule has 6 heteroatoms. The molecule has 0 radical (unpaired) electrons. The standard InChI is InChI=1S/C18H20N2O4/c1-12-7-8-16(19-9-12)20-13(10-22-2)11-24-17-14(18(21)23-3)5-4-6-15(17)20/h4-9,13H,10-11H2,1-3H3. The van der Waals surface area contributed by atoms with Gasteiger partial charge in [-0.3, -0.25) is 0 Å². The van der Waals surface area contributed by atoms with E-state index in [1.54, 1.807) is 13.2 Å². The monoisotopic (exact) mass is 328 g/mol. The maximum atomic E-state index is 12.0. The summed E-state index contributed by atoms with van der Waals surface area (Å²) in [7, 11) is 3.01. The molecule has 0 saturated heterocycles. The van der Waals surface area contributed by atoms with Gasteiger partial charge in [0.1, 0.15) is 18.0 Å². The molecule has 0 bridgehead atoms. The molecule has 1 aromatic heterocycles. The van der Waals surface area contributed by atoms with Crippen LogP contribution in [-0.4, -0.2) is 44.4 Å². The van der Waals surface area contributed by atoms with E-state index in [1.807, 2.05) is 42.3 Å². The van der Waals surface area contributed by atoms with Crippen molar-refractivity contribution in [3.05, 3.63) is 47.7 Å². The molecule has 126 valence electrons. The van der Waals surface area contributed by atoms with Gasteiger partial charge in [0, 0.05) is 13.3 Å². The largest absolute Gasteiger partial charge is 0.488 e. The molecule has 0 amide bonds. The zero-order valence-corrected chi connectivity index (χ0v) is 14.0. The number of pyridine rings is 1. The van der Waals surface area contributed by atoms with Gasteiger partial charge in [0.25, 0.3) is 0 Å². The quantitative estimate of drug-likeness (QED) is 0.804. The van der Waals surface area contributed by atoms with Crippen LogP contribution in [0.5, 0.6) is 5.75 Å². The van der Waals surface area contributed by atoms with Crippen LogP contribution in [0.3, 0.4) is 0 Å². The summed E-state index contributed by atoms with van der Waals surface area (Å²) >= 11 is 0. The van der Waals surface area contributed by atoms with E-state index < -0.39 is 5.97 Å². The first-order valence-corrected chi connectivity index (χ1v) is 7.70. The average Bonchev–Trinajstić information content (AvgIpc) is 2.61. The van der Waals surface area contributed by atoms with Gasteiger partial charge in [0.05, 0.1) is 25.4 Å². The second-order valence-electron chi connectivity index (χ2n) is 5.63. The van der Waals surface area contributed by atoms with Crippen molar-refractivity contribution < 1.29 is 19.0 Å². The lowest BCUT2D eigenvalue weighted by Gasteiger charge is -2.38. The first-order valence-electron chi connectivity index (χ1n) is 7.70. The molecule has 0 aliphatic carbocycles. The maximum Gasteiger partial charge on any atom is 0.341 e. The molecule has 2 aromatic rings. The van der Waals surface area contributed by atoms with E-state index in [0.29, 0.717) is 24.5 Å². The molecule has 1 unspecified atom stereocenters. The molecule has 1 atom stereocenters. The van der Waals surface area contributed by atoms with Crippen LogP contribution in [0.25, 0.3) is 0 Å². The van der Waals surface area contributed by atoms with Crippen molar-refractivity contribution in [3.8, 4) is 5.75 Å². The number of aromatic nitrogens is 1. The normalized spacial score (nSPS) is 16.3. The number of para-hydroxylation sites is 1. The van der Waals surface area contributed by atoms with E-state index in [1.165, 1.54) is 7.11 Å². The van der Waals surface area contributed by atoms with Gasteiger partial charge in [0.2, 0.25) is 0 Å². The van der Waals surface area contributed by atoms with E-state index in [4.69, 9.17) is 14.2 Å². The van der Waals surface area contributed by atoms with Crippen LogP contribution in [-0.2, 0) is 9.47 Å². The smallest absolute Gasteiger partial charge is 0.341 e. The summed E-state index contributed by atoms with van der Waals surface area (Å²) in [6.45, 7) is 2.87. The Balaban J connectivity index is 2.10. The minimum absolute atomic E-state index is 0.0365. The fourth-order valence-corrected chi connectivity index (χ4v) is 2.82. The number of rotatable bonds is 4. The van der Waals surface area contributed by atoms with Crippen molar-refractivity contribution in [1.82, 2.24) is 4.98 Å². The number of benzene rings is 1. The van der Waals surface area contributed by atoms with E-state index in [-0.39, 0.29) is 6.04 Å². The Morgan fingerprint density at radius 1 is 1.33 bits per heavy atom. The molecule has 0 spiro atoms. The van der Waals surface area contributed by atoms with Gasteiger partial charge in [-0.15, -0.1) is 0 Å². The van der Waals surface area contributed by atoms with E-state index in [0.717, 1.165) is 17.1 Å². The molecule has 1 aliphatic heterocycles. The number of carbonyl (C=O) groups excluding carboxylic acids is 1.